The lowest BCUT2D eigenvalue weighted by Crippen LogP contribution is -2.05. The van der Waals surface area contributed by atoms with Gasteiger partial charge in [0.1, 0.15) is 4.83 Å². The molecule has 0 aliphatic carbocycles. The fourth-order valence-electron chi connectivity index (χ4n) is 2.42. The minimum absolute atomic E-state index is 0.151. The number of nitrogens with two attached hydrogens (primary N) is 1. The number of aryl methyl sites for hydroxylation is 2. The Hall–Kier alpha value is -2.07. The maximum Gasteiger partial charge on any atom is 0.251 e. The number of fused-ring (bicyclic) bond motifs is 1. The summed E-state index contributed by atoms with van der Waals surface area (Å²) in [7, 11) is 0. The van der Waals surface area contributed by atoms with Gasteiger partial charge in [-0.25, -0.2) is 0 Å². The van der Waals surface area contributed by atoms with E-state index in [1.807, 2.05) is 6.07 Å². The highest BCUT2D eigenvalue weighted by atomic mass is 32.1. The zero-order chi connectivity index (χ0) is 13.6. The summed E-state index contributed by atoms with van der Waals surface area (Å²) in [6, 6.07) is 9.77. The highest BCUT2D eigenvalue weighted by Crippen LogP contribution is 2.39. The summed E-state index contributed by atoms with van der Waals surface area (Å²) < 4.78 is 0. The first kappa shape index (κ1) is 12.0. The van der Waals surface area contributed by atoms with Gasteiger partial charge in [-0.15, -0.1) is 11.3 Å². The molecule has 4 heteroatoms. The minimum Gasteiger partial charge on any atom is -0.398 e. The van der Waals surface area contributed by atoms with E-state index < -0.39 is 0 Å². The van der Waals surface area contributed by atoms with Crippen molar-refractivity contribution in [3.63, 3.8) is 0 Å². The van der Waals surface area contributed by atoms with Crippen molar-refractivity contribution >= 4 is 27.2 Å². The average molecular weight is 270 g/mol. The van der Waals surface area contributed by atoms with Crippen molar-refractivity contribution in [1.82, 2.24) is 4.98 Å². The fraction of sp³-hybridized carbons (Fsp3) is 0.133. The van der Waals surface area contributed by atoms with Crippen LogP contribution in [-0.4, -0.2) is 4.98 Å². The second-order valence-corrected chi connectivity index (χ2v) is 5.92. The van der Waals surface area contributed by atoms with Gasteiger partial charge in [0.2, 0.25) is 0 Å². The number of thiophene rings is 1. The van der Waals surface area contributed by atoms with Crippen LogP contribution in [-0.2, 0) is 0 Å². The molecule has 0 bridgehead atoms. The molecule has 0 spiro atoms. The zero-order valence-corrected chi connectivity index (χ0v) is 11.6. The summed E-state index contributed by atoms with van der Waals surface area (Å²) in [5, 5.41) is 0.952. The van der Waals surface area contributed by atoms with E-state index in [9.17, 15) is 4.79 Å². The highest BCUT2D eigenvalue weighted by Gasteiger charge is 2.14. The SMILES string of the molecule is Cc1cccc(-c2c(C)sc3[nH]c(=O)cc(N)c23)c1. The van der Waals surface area contributed by atoms with Gasteiger partial charge in [-0.2, -0.15) is 0 Å². The first-order valence-electron chi connectivity index (χ1n) is 6.05. The van der Waals surface area contributed by atoms with E-state index in [2.05, 4.69) is 37.0 Å². The van der Waals surface area contributed by atoms with Crippen molar-refractivity contribution in [3.8, 4) is 11.1 Å². The molecule has 96 valence electrons. The van der Waals surface area contributed by atoms with E-state index in [4.69, 9.17) is 5.73 Å². The molecule has 3 aromatic rings. The number of hydrogen-bond acceptors (Lipinski definition) is 3. The van der Waals surface area contributed by atoms with E-state index in [0.717, 1.165) is 26.2 Å². The lowest BCUT2D eigenvalue weighted by atomic mass is 10.0. The molecule has 2 heterocycles. The molecule has 0 saturated heterocycles. The van der Waals surface area contributed by atoms with Gasteiger partial charge < -0.3 is 10.7 Å². The second-order valence-electron chi connectivity index (χ2n) is 4.70. The Kier molecular flexibility index (Phi) is 2.68. The molecule has 0 fully saturated rings. The number of benzene rings is 1. The molecule has 0 aliphatic heterocycles. The monoisotopic (exact) mass is 270 g/mol. The minimum atomic E-state index is -0.151. The molecule has 0 radical (unpaired) electrons. The highest BCUT2D eigenvalue weighted by molar-refractivity contribution is 7.19. The van der Waals surface area contributed by atoms with Crippen LogP contribution in [0.1, 0.15) is 10.4 Å². The first-order valence-corrected chi connectivity index (χ1v) is 6.87. The Morgan fingerprint density at radius 1 is 1.21 bits per heavy atom. The summed E-state index contributed by atoms with van der Waals surface area (Å²) in [6.07, 6.45) is 0. The molecule has 19 heavy (non-hydrogen) atoms. The molecular weight excluding hydrogens is 256 g/mol. The number of rotatable bonds is 1. The number of aromatic amines is 1. The number of nitrogens with one attached hydrogen (secondary N) is 1. The Morgan fingerprint density at radius 2 is 2.00 bits per heavy atom. The zero-order valence-electron chi connectivity index (χ0n) is 10.8. The lowest BCUT2D eigenvalue weighted by molar-refractivity contribution is 1.33. The van der Waals surface area contributed by atoms with Crippen molar-refractivity contribution in [2.45, 2.75) is 13.8 Å². The van der Waals surface area contributed by atoms with Crippen molar-refractivity contribution in [2.24, 2.45) is 0 Å². The van der Waals surface area contributed by atoms with E-state index in [0.29, 0.717) is 5.69 Å². The van der Waals surface area contributed by atoms with Gasteiger partial charge in [0.25, 0.3) is 5.56 Å². The fourth-order valence-corrected chi connectivity index (χ4v) is 3.52. The predicted octanol–water partition coefficient (Wildman–Crippen LogP) is 3.46. The number of pyridine rings is 1. The molecule has 0 unspecified atom stereocenters. The summed E-state index contributed by atoms with van der Waals surface area (Å²) >= 11 is 1.57. The third-order valence-corrected chi connectivity index (χ3v) is 4.22. The van der Waals surface area contributed by atoms with Crippen LogP contribution in [0.3, 0.4) is 0 Å². The molecule has 3 N–H and O–H groups in total. The Morgan fingerprint density at radius 3 is 2.74 bits per heavy atom. The summed E-state index contributed by atoms with van der Waals surface area (Å²) in [5.74, 6) is 0. The molecular formula is C15H14N2OS. The Bertz CT molecular complexity index is 830. The van der Waals surface area contributed by atoms with E-state index in [-0.39, 0.29) is 5.56 Å². The van der Waals surface area contributed by atoms with Crippen LogP contribution in [0, 0.1) is 13.8 Å². The van der Waals surface area contributed by atoms with Crippen molar-refractivity contribution in [2.75, 3.05) is 5.73 Å². The Labute approximate surface area is 114 Å². The quantitative estimate of drug-likeness (QED) is 0.711. The summed E-state index contributed by atoms with van der Waals surface area (Å²) in [6.45, 7) is 4.12. The van der Waals surface area contributed by atoms with Crippen molar-refractivity contribution in [3.05, 3.63) is 51.1 Å². The Balaban J connectivity index is 2.41. The van der Waals surface area contributed by atoms with Crippen molar-refractivity contribution in [1.29, 1.82) is 0 Å². The number of hydrogen-bond donors (Lipinski definition) is 2. The molecule has 0 aliphatic rings. The van der Waals surface area contributed by atoms with Crippen LogP contribution in [0.5, 0.6) is 0 Å². The smallest absolute Gasteiger partial charge is 0.251 e. The summed E-state index contributed by atoms with van der Waals surface area (Å²) in [4.78, 5) is 16.4. The second kappa shape index (κ2) is 4.24. The number of anilines is 1. The van der Waals surface area contributed by atoms with Crippen LogP contribution in [0.15, 0.2) is 35.1 Å². The van der Waals surface area contributed by atoms with Gasteiger partial charge >= 0.3 is 0 Å². The van der Waals surface area contributed by atoms with Crippen LogP contribution in [0.2, 0.25) is 0 Å². The topological polar surface area (TPSA) is 58.9 Å². The number of aromatic nitrogens is 1. The lowest BCUT2D eigenvalue weighted by Gasteiger charge is -2.05. The molecule has 3 rings (SSSR count). The number of H-pyrrole nitrogens is 1. The summed E-state index contributed by atoms with van der Waals surface area (Å²) in [5.41, 5.74) is 9.90. The van der Waals surface area contributed by atoms with Crippen LogP contribution < -0.4 is 11.3 Å². The molecule has 2 aromatic heterocycles. The molecule has 3 nitrogen and oxygen atoms in total. The largest absolute Gasteiger partial charge is 0.398 e. The molecule has 1 aromatic carbocycles. The van der Waals surface area contributed by atoms with Crippen LogP contribution in [0.25, 0.3) is 21.3 Å². The molecule has 0 amide bonds. The van der Waals surface area contributed by atoms with E-state index in [1.165, 1.54) is 11.6 Å². The standard InChI is InChI=1S/C15H14N2OS/c1-8-4-3-5-10(6-8)13-9(2)19-15-14(13)11(16)7-12(18)17-15/h3-7H,1-2H3,(H3,16,17,18). The predicted molar refractivity (Wildman–Crippen MR) is 81.8 cm³/mol. The van der Waals surface area contributed by atoms with E-state index >= 15 is 0 Å². The van der Waals surface area contributed by atoms with Gasteiger partial charge in [-0.1, -0.05) is 29.8 Å². The van der Waals surface area contributed by atoms with Gasteiger partial charge in [-0.3, -0.25) is 4.79 Å². The van der Waals surface area contributed by atoms with Crippen molar-refractivity contribution < 1.29 is 0 Å². The molecule has 0 saturated carbocycles. The van der Waals surface area contributed by atoms with Gasteiger partial charge in [0.05, 0.1) is 0 Å². The van der Waals surface area contributed by atoms with Gasteiger partial charge in [0, 0.05) is 27.6 Å². The maximum absolute atomic E-state index is 11.5. The third-order valence-electron chi connectivity index (χ3n) is 3.20. The van der Waals surface area contributed by atoms with Crippen LogP contribution in [0.4, 0.5) is 5.69 Å². The number of nitrogen functional groups attached to an aromatic ring is 1. The van der Waals surface area contributed by atoms with Gasteiger partial charge in [0.15, 0.2) is 0 Å². The third kappa shape index (κ3) is 1.94. The maximum atomic E-state index is 11.5. The normalized spacial score (nSPS) is 11.1. The van der Waals surface area contributed by atoms with Crippen LogP contribution >= 0.6 is 11.3 Å². The molecule has 0 atom stereocenters. The average Bonchev–Trinajstić information content (AvgIpc) is 2.65. The van der Waals surface area contributed by atoms with Gasteiger partial charge in [-0.05, 0) is 19.4 Å². The van der Waals surface area contributed by atoms with E-state index in [1.54, 1.807) is 11.3 Å². The first-order chi connectivity index (χ1) is 9.06.